The van der Waals surface area contributed by atoms with Crippen LogP contribution >= 0.6 is 0 Å². The van der Waals surface area contributed by atoms with Crippen molar-refractivity contribution in [2.75, 3.05) is 23.7 Å². The number of hydrogen-bond acceptors (Lipinski definition) is 3. The van der Waals surface area contributed by atoms with Gasteiger partial charge in [0, 0.05) is 19.6 Å². The fraction of sp³-hybridized carbons (Fsp3) is 0.417. The van der Waals surface area contributed by atoms with Crippen LogP contribution in [0.2, 0.25) is 0 Å². The van der Waals surface area contributed by atoms with Gasteiger partial charge in [-0.2, -0.15) is 5.26 Å². The molecule has 0 atom stereocenters. The summed E-state index contributed by atoms with van der Waals surface area (Å²) in [6, 6.07) is 3.87. The summed E-state index contributed by atoms with van der Waals surface area (Å²) < 4.78 is 1.90. The number of nitrogens with two attached hydrogens (primary N) is 1. The lowest BCUT2D eigenvalue weighted by Gasteiger charge is -2.23. The zero-order valence-electron chi connectivity index (χ0n) is 9.90. The van der Waals surface area contributed by atoms with E-state index in [1.54, 1.807) is 12.1 Å². The number of hydrogen-bond donors (Lipinski definition) is 1. The largest absolute Gasteiger partial charge is 0.396 e. The zero-order valence-corrected chi connectivity index (χ0v) is 9.90. The van der Waals surface area contributed by atoms with Crippen molar-refractivity contribution in [3.8, 4) is 6.07 Å². The normalized spacial score (nSPS) is 9.81. The van der Waals surface area contributed by atoms with Crippen molar-refractivity contribution in [3.05, 3.63) is 24.4 Å². The van der Waals surface area contributed by atoms with Crippen molar-refractivity contribution in [3.63, 3.8) is 0 Å². The number of allylic oxidation sites excluding steroid dienone is 1. The lowest BCUT2D eigenvalue weighted by atomic mass is 10.4. The topological polar surface area (TPSA) is 58.0 Å². The number of nitriles is 1. The van der Waals surface area contributed by atoms with Crippen LogP contribution in [0.15, 0.2) is 18.7 Å². The van der Waals surface area contributed by atoms with E-state index in [2.05, 4.69) is 31.4 Å². The fourth-order valence-corrected chi connectivity index (χ4v) is 1.84. The second kappa shape index (κ2) is 5.26. The van der Waals surface area contributed by atoms with E-state index in [1.165, 1.54) is 0 Å². The molecule has 1 aromatic heterocycles. The molecule has 2 N–H and O–H groups in total. The number of rotatable bonds is 5. The quantitative estimate of drug-likeness (QED) is 0.769. The summed E-state index contributed by atoms with van der Waals surface area (Å²) in [4.78, 5) is 2.14. The molecule has 86 valence electrons. The van der Waals surface area contributed by atoms with Crippen LogP contribution in [0.5, 0.6) is 0 Å². The monoisotopic (exact) mass is 218 g/mol. The summed E-state index contributed by atoms with van der Waals surface area (Å²) in [5.74, 6) is 0.918. The summed E-state index contributed by atoms with van der Waals surface area (Å²) in [6.07, 6.45) is 1.77. The smallest absolute Gasteiger partial charge is 0.133 e. The molecule has 0 aliphatic heterocycles. The van der Waals surface area contributed by atoms with E-state index in [4.69, 9.17) is 11.0 Å². The molecule has 0 amide bonds. The minimum absolute atomic E-state index is 0.583. The third-order valence-electron chi connectivity index (χ3n) is 2.59. The van der Waals surface area contributed by atoms with E-state index in [-0.39, 0.29) is 0 Å². The predicted octanol–water partition coefficient (Wildman–Crippen LogP) is 1.97. The van der Waals surface area contributed by atoms with Gasteiger partial charge in [-0.25, -0.2) is 0 Å². The molecular formula is C12H18N4. The minimum Gasteiger partial charge on any atom is -0.396 e. The molecule has 4 nitrogen and oxygen atoms in total. The highest BCUT2D eigenvalue weighted by molar-refractivity contribution is 5.68. The highest BCUT2D eigenvalue weighted by Crippen LogP contribution is 2.27. The molecule has 0 aliphatic rings. The van der Waals surface area contributed by atoms with Crippen molar-refractivity contribution in [1.82, 2.24) is 4.57 Å². The maximum atomic E-state index is 9.03. The summed E-state index contributed by atoms with van der Waals surface area (Å²) in [7, 11) is 0. The van der Waals surface area contributed by atoms with Gasteiger partial charge in [0.25, 0.3) is 0 Å². The van der Waals surface area contributed by atoms with Crippen molar-refractivity contribution >= 4 is 11.5 Å². The maximum Gasteiger partial charge on any atom is 0.133 e. The van der Waals surface area contributed by atoms with E-state index < -0.39 is 0 Å². The standard InChI is InChI=1S/C12H18N4/c1-4-7-16-10(9-13)8-11(14)12(16)15(5-2)6-3/h4,8H,1,5-7,14H2,2-3H3. The van der Waals surface area contributed by atoms with E-state index in [1.807, 2.05) is 4.57 Å². The summed E-state index contributed by atoms with van der Waals surface area (Å²) in [6.45, 7) is 10.2. The highest BCUT2D eigenvalue weighted by Gasteiger charge is 2.16. The first-order valence-electron chi connectivity index (χ1n) is 5.44. The van der Waals surface area contributed by atoms with Gasteiger partial charge in [0.15, 0.2) is 0 Å². The number of anilines is 2. The third kappa shape index (κ3) is 2.03. The molecule has 1 heterocycles. The number of nitrogen functional groups attached to an aromatic ring is 1. The number of aromatic nitrogens is 1. The first kappa shape index (κ1) is 12.2. The van der Waals surface area contributed by atoms with Crippen LogP contribution < -0.4 is 10.6 Å². The van der Waals surface area contributed by atoms with Crippen molar-refractivity contribution in [2.24, 2.45) is 0 Å². The molecule has 0 unspecified atom stereocenters. The average Bonchev–Trinajstić information content (AvgIpc) is 2.59. The number of nitrogens with zero attached hydrogens (tertiary/aromatic N) is 3. The fourth-order valence-electron chi connectivity index (χ4n) is 1.84. The van der Waals surface area contributed by atoms with Gasteiger partial charge in [0.1, 0.15) is 17.6 Å². The molecule has 0 spiro atoms. The summed E-state index contributed by atoms with van der Waals surface area (Å²) in [5, 5.41) is 9.03. The maximum absolute atomic E-state index is 9.03. The second-order valence-corrected chi connectivity index (χ2v) is 3.49. The van der Waals surface area contributed by atoms with Crippen LogP contribution in [0.1, 0.15) is 19.5 Å². The Balaban J connectivity index is 3.29. The van der Waals surface area contributed by atoms with Gasteiger partial charge < -0.3 is 15.2 Å². The second-order valence-electron chi connectivity index (χ2n) is 3.49. The Kier molecular flexibility index (Phi) is 4.01. The molecule has 0 aromatic carbocycles. The Hall–Kier alpha value is -1.89. The lowest BCUT2D eigenvalue weighted by molar-refractivity contribution is 0.752. The Morgan fingerprint density at radius 2 is 2.19 bits per heavy atom. The Morgan fingerprint density at radius 1 is 1.56 bits per heavy atom. The molecule has 1 rings (SSSR count). The predicted molar refractivity (Wildman–Crippen MR) is 67.3 cm³/mol. The molecule has 0 saturated carbocycles. The molecular weight excluding hydrogens is 200 g/mol. The molecule has 0 saturated heterocycles. The van der Waals surface area contributed by atoms with Gasteiger partial charge in [-0.05, 0) is 19.9 Å². The highest BCUT2D eigenvalue weighted by atomic mass is 15.2. The molecule has 4 heteroatoms. The first-order chi connectivity index (χ1) is 7.69. The van der Waals surface area contributed by atoms with Gasteiger partial charge in [0.2, 0.25) is 0 Å². The Labute approximate surface area is 96.6 Å². The van der Waals surface area contributed by atoms with E-state index in [0.29, 0.717) is 17.9 Å². The molecule has 0 bridgehead atoms. The molecule has 1 aromatic rings. The molecule has 0 fully saturated rings. The van der Waals surface area contributed by atoms with E-state index in [0.717, 1.165) is 18.9 Å². The van der Waals surface area contributed by atoms with Crippen molar-refractivity contribution in [2.45, 2.75) is 20.4 Å². The van der Waals surface area contributed by atoms with Crippen LogP contribution in [0.4, 0.5) is 11.5 Å². The van der Waals surface area contributed by atoms with Crippen LogP contribution in [-0.4, -0.2) is 17.7 Å². The van der Waals surface area contributed by atoms with Gasteiger partial charge in [0.05, 0.1) is 5.69 Å². The van der Waals surface area contributed by atoms with Gasteiger partial charge in [-0.3, -0.25) is 0 Å². The Morgan fingerprint density at radius 3 is 2.62 bits per heavy atom. The summed E-state index contributed by atoms with van der Waals surface area (Å²) in [5.41, 5.74) is 7.19. The molecule has 16 heavy (non-hydrogen) atoms. The lowest BCUT2D eigenvalue weighted by Crippen LogP contribution is -2.25. The molecule has 0 aliphatic carbocycles. The third-order valence-corrected chi connectivity index (χ3v) is 2.59. The van der Waals surface area contributed by atoms with Crippen LogP contribution in [0.25, 0.3) is 0 Å². The Bertz CT molecular complexity index is 407. The van der Waals surface area contributed by atoms with Crippen molar-refractivity contribution in [1.29, 1.82) is 5.26 Å². The van der Waals surface area contributed by atoms with Crippen LogP contribution in [0.3, 0.4) is 0 Å². The van der Waals surface area contributed by atoms with Gasteiger partial charge in [-0.1, -0.05) is 6.08 Å². The van der Waals surface area contributed by atoms with Crippen molar-refractivity contribution < 1.29 is 0 Å². The SMILES string of the molecule is C=CCn1c(C#N)cc(N)c1N(CC)CC. The van der Waals surface area contributed by atoms with E-state index >= 15 is 0 Å². The first-order valence-corrected chi connectivity index (χ1v) is 5.44. The molecule has 0 radical (unpaired) electrons. The van der Waals surface area contributed by atoms with Crippen LogP contribution in [-0.2, 0) is 6.54 Å². The average molecular weight is 218 g/mol. The van der Waals surface area contributed by atoms with Crippen LogP contribution in [0, 0.1) is 11.3 Å². The van der Waals surface area contributed by atoms with Gasteiger partial charge in [-0.15, -0.1) is 6.58 Å². The zero-order chi connectivity index (χ0) is 12.1. The summed E-state index contributed by atoms with van der Waals surface area (Å²) >= 11 is 0. The minimum atomic E-state index is 0.583. The van der Waals surface area contributed by atoms with E-state index in [9.17, 15) is 0 Å². The van der Waals surface area contributed by atoms with Gasteiger partial charge >= 0.3 is 0 Å².